The molecule has 0 atom stereocenters. The zero-order valence-electron chi connectivity index (χ0n) is 8.71. The zero-order chi connectivity index (χ0) is 11.5. The minimum absolute atomic E-state index is 0.131. The van der Waals surface area contributed by atoms with Crippen LogP contribution in [-0.4, -0.2) is 27.9 Å². The molecule has 0 spiro atoms. The number of aromatic nitrogens is 3. The average molecular weight is 217 g/mol. The second kappa shape index (κ2) is 4.01. The number of para-hydroxylation sites is 1. The van der Waals surface area contributed by atoms with Crippen LogP contribution in [0.4, 0.5) is 5.82 Å². The zero-order valence-corrected chi connectivity index (χ0v) is 8.71. The van der Waals surface area contributed by atoms with Crippen LogP contribution in [0.1, 0.15) is 10.5 Å². The minimum atomic E-state index is -0.348. The summed E-state index contributed by atoms with van der Waals surface area (Å²) in [6.07, 6.45) is 0. The van der Waals surface area contributed by atoms with Gasteiger partial charge in [-0.3, -0.25) is 4.79 Å². The third-order valence-electron chi connectivity index (χ3n) is 2.15. The molecule has 0 aliphatic rings. The van der Waals surface area contributed by atoms with E-state index >= 15 is 0 Å². The van der Waals surface area contributed by atoms with E-state index in [0.717, 1.165) is 5.69 Å². The van der Waals surface area contributed by atoms with Crippen molar-refractivity contribution in [2.45, 2.75) is 0 Å². The van der Waals surface area contributed by atoms with Gasteiger partial charge in [0.25, 0.3) is 5.91 Å². The van der Waals surface area contributed by atoms with Crippen LogP contribution < -0.4 is 11.1 Å². The maximum absolute atomic E-state index is 11.4. The Morgan fingerprint density at radius 3 is 2.69 bits per heavy atom. The van der Waals surface area contributed by atoms with Crippen molar-refractivity contribution in [1.82, 2.24) is 20.3 Å². The van der Waals surface area contributed by atoms with Gasteiger partial charge in [0.15, 0.2) is 11.5 Å². The molecule has 16 heavy (non-hydrogen) atoms. The fourth-order valence-electron chi connectivity index (χ4n) is 1.33. The van der Waals surface area contributed by atoms with E-state index in [-0.39, 0.29) is 17.4 Å². The van der Waals surface area contributed by atoms with Gasteiger partial charge in [0.05, 0.1) is 5.69 Å². The van der Waals surface area contributed by atoms with Crippen molar-refractivity contribution in [3.8, 4) is 5.69 Å². The molecule has 0 unspecified atom stereocenters. The molecular weight excluding hydrogens is 206 g/mol. The van der Waals surface area contributed by atoms with Crippen LogP contribution in [0.15, 0.2) is 30.3 Å². The van der Waals surface area contributed by atoms with Crippen molar-refractivity contribution in [2.75, 3.05) is 12.8 Å². The topological polar surface area (TPSA) is 85.8 Å². The van der Waals surface area contributed by atoms with Crippen LogP contribution in [0.25, 0.3) is 5.69 Å². The number of nitrogens with zero attached hydrogens (tertiary/aromatic N) is 3. The molecule has 1 aromatic heterocycles. The normalized spacial score (nSPS) is 10.1. The molecule has 0 aliphatic carbocycles. The summed E-state index contributed by atoms with van der Waals surface area (Å²) in [5, 5.41) is 10.0. The lowest BCUT2D eigenvalue weighted by Crippen LogP contribution is -2.19. The van der Waals surface area contributed by atoms with E-state index in [4.69, 9.17) is 5.73 Å². The Kier molecular flexibility index (Phi) is 2.55. The SMILES string of the molecule is CNC(=O)c1nnn(-c2ccccc2)c1N. The summed E-state index contributed by atoms with van der Waals surface area (Å²) in [5.74, 6) is -0.120. The highest BCUT2D eigenvalue weighted by molar-refractivity contribution is 5.96. The van der Waals surface area contributed by atoms with Gasteiger partial charge < -0.3 is 11.1 Å². The fourth-order valence-corrected chi connectivity index (χ4v) is 1.33. The van der Waals surface area contributed by atoms with Gasteiger partial charge in [-0.05, 0) is 12.1 Å². The Bertz CT molecular complexity index is 505. The summed E-state index contributed by atoms with van der Waals surface area (Å²) in [5.41, 5.74) is 6.69. The summed E-state index contributed by atoms with van der Waals surface area (Å²) >= 11 is 0. The Hall–Kier alpha value is -2.37. The summed E-state index contributed by atoms with van der Waals surface area (Å²) in [7, 11) is 1.52. The molecule has 2 aromatic rings. The maximum atomic E-state index is 11.4. The van der Waals surface area contributed by atoms with Crippen molar-refractivity contribution in [3.63, 3.8) is 0 Å². The maximum Gasteiger partial charge on any atom is 0.275 e. The molecule has 0 saturated carbocycles. The predicted octanol–water partition coefficient (Wildman–Crippen LogP) is 0.209. The monoisotopic (exact) mass is 217 g/mol. The highest BCUT2D eigenvalue weighted by Gasteiger charge is 2.16. The van der Waals surface area contributed by atoms with Gasteiger partial charge in [-0.15, -0.1) is 5.10 Å². The van der Waals surface area contributed by atoms with Crippen LogP contribution in [0.5, 0.6) is 0 Å². The summed E-state index contributed by atoms with van der Waals surface area (Å²) in [6.45, 7) is 0. The van der Waals surface area contributed by atoms with Crippen LogP contribution in [0.3, 0.4) is 0 Å². The Labute approximate surface area is 92.1 Å². The quantitative estimate of drug-likeness (QED) is 0.752. The number of amides is 1. The lowest BCUT2D eigenvalue weighted by atomic mass is 10.3. The first-order valence-corrected chi connectivity index (χ1v) is 4.72. The summed E-state index contributed by atoms with van der Waals surface area (Å²) in [6, 6.07) is 9.26. The molecule has 1 amide bonds. The van der Waals surface area contributed by atoms with Gasteiger partial charge in [0, 0.05) is 7.05 Å². The van der Waals surface area contributed by atoms with Gasteiger partial charge in [-0.25, -0.2) is 0 Å². The molecule has 0 bridgehead atoms. The van der Waals surface area contributed by atoms with Gasteiger partial charge in [-0.2, -0.15) is 4.68 Å². The number of nitrogens with one attached hydrogen (secondary N) is 1. The molecule has 1 aromatic carbocycles. The first-order chi connectivity index (χ1) is 7.74. The van der Waals surface area contributed by atoms with Crippen molar-refractivity contribution in [1.29, 1.82) is 0 Å². The Morgan fingerprint density at radius 1 is 1.38 bits per heavy atom. The first kappa shape index (κ1) is 10.2. The number of anilines is 1. The molecule has 0 fully saturated rings. The van der Waals surface area contributed by atoms with E-state index in [1.54, 1.807) is 0 Å². The van der Waals surface area contributed by atoms with E-state index in [1.165, 1.54) is 11.7 Å². The van der Waals surface area contributed by atoms with E-state index < -0.39 is 0 Å². The number of hydrogen-bond donors (Lipinski definition) is 2. The highest BCUT2D eigenvalue weighted by atomic mass is 16.1. The van der Waals surface area contributed by atoms with E-state index in [0.29, 0.717) is 0 Å². The largest absolute Gasteiger partial charge is 0.382 e. The van der Waals surface area contributed by atoms with Gasteiger partial charge in [-0.1, -0.05) is 23.4 Å². The third-order valence-corrected chi connectivity index (χ3v) is 2.15. The van der Waals surface area contributed by atoms with E-state index in [2.05, 4.69) is 15.6 Å². The molecule has 0 saturated heterocycles. The third kappa shape index (κ3) is 1.60. The molecule has 6 heteroatoms. The number of carbonyl (C=O) groups is 1. The second-order valence-electron chi connectivity index (χ2n) is 3.15. The average Bonchev–Trinajstić information content (AvgIpc) is 2.71. The highest BCUT2D eigenvalue weighted by Crippen LogP contribution is 2.13. The molecule has 0 aliphatic heterocycles. The summed E-state index contributed by atoms with van der Waals surface area (Å²) < 4.78 is 1.42. The van der Waals surface area contributed by atoms with Crippen molar-refractivity contribution in [3.05, 3.63) is 36.0 Å². The molecule has 82 valence electrons. The lowest BCUT2D eigenvalue weighted by Gasteiger charge is -2.02. The number of carbonyl (C=O) groups excluding carboxylic acids is 1. The van der Waals surface area contributed by atoms with Crippen molar-refractivity contribution >= 4 is 11.7 Å². The fraction of sp³-hybridized carbons (Fsp3) is 0.100. The second-order valence-corrected chi connectivity index (χ2v) is 3.15. The molecular formula is C10H11N5O. The van der Waals surface area contributed by atoms with Gasteiger partial charge in [0.2, 0.25) is 0 Å². The van der Waals surface area contributed by atoms with E-state index in [9.17, 15) is 4.79 Å². The van der Waals surface area contributed by atoms with Gasteiger partial charge in [0.1, 0.15) is 0 Å². The molecule has 1 heterocycles. The molecule has 6 nitrogen and oxygen atoms in total. The molecule has 0 radical (unpaired) electrons. The van der Waals surface area contributed by atoms with Crippen LogP contribution >= 0.6 is 0 Å². The smallest absolute Gasteiger partial charge is 0.275 e. The summed E-state index contributed by atoms with van der Waals surface area (Å²) in [4.78, 5) is 11.4. The van der Waals surface area contributed by atoms with Crippen LogP contribution in [0, 0.1) is 0 Å². The standard InChI is InChI=1S/C10H11N5O/c1-12-10(16)8-9(11)15(14-13-8)7-5-3-2-4-6-7/h2-6H,11H2,1H3,(H,12,16). The lowest BCUT2D eigenvalue weighted by molar-refractivity contribution is 0.0959. The molecule has 2 rings (SSSR count). The number of rotatable bonds is 2. The number of nitrogens with two attached hydrogens (primary N) is 1. The minimum Gasteiger partial charge on any atom is -0.382 e. The van der Waals surface area contributed by atoms with Crippen LogP contribution in [-0.2, 0) is 0 Å². The van der Waals surface area contributed by atoms with E-state index in [1.807, 2.05) is 30.3 Å². The Balaban J connectivity index is 2.45. The Morgan fingerprint density at radius 2 is 2.06 bits per heavy atom. The van der Waals surface area contributed by atoms with Crippen molar-refractivity contribution in [2.24, 2.45) is 0 Å². The van der Waals surface area contributed by atoms with Gasteiger partial charge >= 0.3 is 0 Å². The first-order valence-electron chi connectivity index (χ1n) is 4.72. The number of nitrogen functional groups attached to an aromatic ring is 1. The van der Waals surface area contributed by atoms with Crippen LogP contribution in [0.2, 0.25) is 0 Å². The van der Waals surface area contributed by atoms with Crippen molar-refractivity contribution < 1.29 is 4.79 Å². The number of benzene rings is 1. The molecule has 3 N–H and O–H groups in total. The predicted molar refractivity (Wildman–Crippen MR) is 59.2 cm³/mol. The number of hydrogen-bond acceptors (Lipinski definition) is 4.